The fourth-order valence-electron chi connectivity index (χ4n) is 2.44. The highest BCUT2D eigenvalue weighted by Crippen LogP contribution is 2.21. The molecule has 0 spiro atoms. The fraction of sp³-hybridized carbons (Fsp3) is 0.400. The molecule has 19 heavy (non-hydrogen) atoms. The predicted molar refractivity (Wildman–Crippen MR) is 77.4 cm³/mol. The lowest BCUT2D eigenvalue weighted by Gasteiger charge is -2.15. The molecular formula is C15H22N4. The van der Waals surface area contributed by atoms with E-state index in [0.717, 1.165) is 25.0 Å². The highest BCUT2D eigenvalue weighted by atomic mass is 15.3. The van der Waals surface area contributed by atoms with Gasteiger partial charge in [-0.1, -0.05) is 30.3 Å². The average molecular weight is 258 g/mol. The Labute approximate surface area is 114 Å². The van der Waals surface area contributed by atoms with Crippen LogP contribution in [-0.2, 0) is 13.5 Å². The molecule has 4 heteroatoms. The zero-order chi connectivity index (χ0) is 13.7. The Hall–Kier alpha value is -1.65. The SMILES string of the molecule is Cc1nn(C)cc1C(CCCc1ccccc1)NN. The maximum Gasteiger partial charge on any atom is 0.0641 e. The van der Waals surface area contributed by atoms with Crippen LogP contribution in [0.3, 0.4) is 0 Å². The van der Waals surface area contributed by atoms with Crippen molar-refractivity contribution < 1.29 is 0 Å². The minimum absolute atomic E-state index is 0.178. The Balaban J connectivity index is 1.91. The molecule has 0 bridgehead atoms. The molecule has 0 saturated carbocycles. The van der Waals surface area contributed by atoms with Crippen molar-refractivity contribution in [3.63, 3.8) is 0 Å². The lowest BCUT2D eigenvalue weighted by Crippen LogP contribution is -2.28. The van der Waals surface area contributed by atoms with E-state index in [-0.39, 0.29) is 6.04 Å². The van der Waals surface area contributed by atoms with Crippen LogP contribution in [0.2, 0.25) is 0 Å². The number of nitrogens with two attached hydrogens (primary N) is 1. The van der Waals surface area contributed by atoms with Crippen molar-refractivity contribution >= 4 is 0 Å². The van der Waals surface area contributed by atoms with Crippen LogP contribution in [0.5, 0.6) is 0 Å². The number of aromatic nitrogens is 2. The number of aryl methyl sites for hydroxylation is 3. The van der Waals surface area contributed by atoms with Crippen LogP contribution >= 0.6 is 0 Å². The van der Waals surface area contributed by atoms with Gasteiger partial charge in [0, 0.05) is 24.8 Å². The third-order valence-electron chi connectivity index (χ3n) is 3.43. The molecule has 0 amide bonds. The van der Waals surface area contributed by atoms with E-state index in [9.17, 15) is 0 Å². The normalized spacial score (nSPS) is 12.6. The van der Waals surface area contributed by atoms with Gasteiger partial charge in [0.25, 0.3) is 0 Å². The van der Waals surface area contributed by atoms with Crippen molar-refractivity contribution in [2.24, 2.45) is 12.9 Å². The van der Waals surface area contributed by atoms with Crippen molar-refractivity contribution in [2.75, 3.05) is 0 Å². The molecule has 1 unspecified atom stereocenters. The van der Waals surface area contributed by atoms with E-state index in [1.165, 1.54) is 11.1 Å². The maximum absolute atomic E-state index is 5.68. The van der Waals surface area contributed by atoms with Crippen LogP contribution in [0, 0.1) is 6.92 Å². The molecule has 3 N–H and O–H groups in total. The van der Waals surface area contributed by atoms with E-state index in [4.69, 9.17) is 5.84 Å². The first-order chi connectivity index (χ1) is 9.20. The molecule has 0 aliphatic heterocycles. The zero-order valence-electron chi connectivity index (χ0n) is 11.6. The maximum atomic E-state index is 5.68. The number of hydrazine groups is 1. The summed E-state index contributed by atoms with van der Waals surface area (Å²) in [5.74, 6) is 5.68. The third-order valence-corrected chi connectivity index (χ3v) is 3.43. The number of hydrogen-bond donors (Lipinski definition) is 2. The Bertz CT molecular complexity index is 504. The van der Waals surface area contributed by atoms with Gasteiger partial charge in [0.1, 0.15) is 0 Å². The number of rotatable bonds is 6. The summed E-state index contributed by atoms with van der Waals surface area (Å²) in [6, 6.07) is 10.7. The molecule has 1 aromatic carbocycles. The van der Waals surface area contributed by atoms with Gasteiger partial charge in [-0.3, -0.25) is 16.0 Å². The van der Waals surface area contributed by atoms with Crippen LogP contribution in [0.1, 0.15) is 35.7 Å². The van der Waals surface area contributed by atoms with Gasteiger partial charge in [0.15, 0.2) is 0 Å². The quantitative estimate of drug-likeness (QED) is 0.617. The Morgan fingerprint density at radius 1 is 1.32 bits per heavy atom. The molecule has 0 aliphatic rings. The van der Waals surface area contributed by atoms with Gasteiger partial charge >= 0.3 is 0 Å². The monoisotopic (exact) mass is 258 g/mol. The molecule has 0 aliphatic carbocycles. The van der Waals surface area contributed by atoms with E-state index >= 15 is 0 Å². The second-order valence-corrected chi connectivity index (χ2v) is 4.94. The van der Waals surface area contributed by atoms with E-state index in [1.54, 1.807) is 0 Å². The minimum atomic E-state index is 0.178. The second-order valence-electron chi connectivity index (χ2n) is 4.94. The van der Waals surface area contributed by atoms with Gasteiger partial charge in [-0.2, -0.15) is 5.10 Å². The lowest BCUT2D eigenvalue weighted by atomic mass is 10.0. The van der Waals surface area contributed by atoms with E-state index in [1.807, 2.05) is 30.9 Å². The molecule has 2 aromatic rings. The van der Waals surface area contributed by atoms with Crippen molar-refractivity contribution in [3.05, 3.63) is 53.3 Å². The summed E-state index contributed by atoms with van der Waals surface area (Å²) in [5, 5.41) is 4.37. The van der Waals surface area contributed by atoms with Gasteiger partial charge < -0.3 is 0 Å². The topological polar surface area (TPSA) is 55.9 Å². The van der Waals surface area contributed by atoms with Crippen molar-refractivity contribution in [2.45, 2.75) is 32.2 Å². The number of nitrogens with one attached hydrogen (secondary N) is 1. The molecule has 0 fully saturated rings. The van der Waals surface area contributed by atoms with Crippen LogP contribution in [-0.4, -0.2) is 9.78 Å². The van der Waals surface area contributed by atoms with Crippen LogP contribution in [0.25, 0.3) is 0 Å². The van der Waals surface area contributed by atoms with Gasteiger partial charge in [-0.05, 0) is 31.7 Å². The summed E-state index contributed by atoms with van der Waals surface area (Å²) in [5.41, 5.74) is 6.52. The largest absolute Gasteiger partial charge is 0.275 e. The lowest BCUT2D eigenvalue weighted by molar-refractivity contribution is 0.496. The first-order valence-corrected chi connectivity index (χ1v) is 6.71. The molecular weight excluding hydrogens is 236 g/mol. The molecule has 4 nitrogen and oxygen atoms in total. The molecule has 102 valence electrons. The van der Waals surface area contributed by atoms with Crippen LogP contribution in [0.4, 0.5) is 0 Å². The van der Waals surface area contributed by atoms with E-state index < -0.39 is 0 Å². The van der Waals surface area contributed by atoms with E-state index in [0.29, 0.717) is 0 Å². The molecule has 2 rings (SSSR count). The molecule has 0 saturated heterocycles. The second kappa shape index (κ2) is 6.50. The van der Waals surface area contributed by atoms with Crippen LogP contribution < -0.4 is 11.3 Å². The highest BCUT2D eigenvalue weighted by Gasteiger charge is 2.14. The summed E-state index contributed by atoms with van der Waals surface area (Å²) < 4.78 is 1.84. The van der Waals surface area contributed by atoms with Gasteiger partial charge in [0.2, 0.25) is 0 Å². The standard InChI is InChI=1S/C15H22N4/c1-12-14(11-19(2)18-12)15(17-16)10-6-9-13-7-4-3-5-8-13/h3-5,7-8,11,15,17H,6,9-10,16H2,1-2H3. The summed E-state index contributed by atoms with van der Waals surface area (Å²) in [7, 11) is 1.94. The zero-order valence-corrected chi connectivity index (χ0v) is 11.6. The first-order valence-electron chi connectivity index (χ1n) is 6.71. The fourth-order valence-corrected chi connectivity index (χ4v) is 2.44. The van der Waals surface area contributed by atoms with E-state index in [2.05, 4.69) is 34.8 Å². The van der Waals surface area contributed by atoms with Gasteiger partial charge in [0.05, 0.1) is 5.69 Å². The van der Waals surface area contributed by atoms with Crippen LogP contribution in [0.15, 0.2) is 36.5 Å². The Morgan fingerprint density at radius 3 is 2.63 bits per heavy atom. The van der Waals surface area contributed by atoms with Gasteiger partial charge in [-0.15, -0.1) is 0 Å². The molecule has 1 aromatic heterocycles. The number of hydrogen-bond acceptors (Lipinski definition) is 3. The number of benzene rings is 1. The summed E-state index contributed by atoms with van der Waals surface area (Å²) >= 11 is 0. The minimum Gasteiger partial charge on any atom is -0.275 e. The predicted octanol–water partition coefficient (Wildman–Crippen LogP) is 2.26. The summed E-state index contributed by atoms with van der Waals surface area (Å²) in [6.07, 6.45) is 5.24. The summed E-state index contributed by atoms with van der Waals surface area (Å²) in [6.45, 7) is 2.02. The van der Waals surface area contributed by atoms with Crippen molar-refractivity contribution in [1.82, 2.24) is 15.2 Å². The number of nitrogens with zero attached hydrogens (tertiary/aromatic N) is 2. The molecule has 1 atom stereocenters. The smallest absolute Gasteiger partial charge is 0.0641 e. The first kappa shape index (κ1) is 13.8. The highest BCUT2D eigenvalue weighted by molar-refractivity contribution is 5.20. The van der Waals surface area contributed by atoms with Gasteiger partial charge in [-0.25, -0.2) is 0 Å². The Kier molecular flexibility index (Phi) is 4.71. The molecule has 1 heterocycles. The average Bonchev–Trinajstić information content (AvgIpc) is 2.75. The Morgan fingerprint density at radius 2 is 2.05 bits per heavy atom. The molecule has 0 radical (unpaired) electrons. The third kappa shape index (κ3) is 3.66. The van der Waals surface area contributed by atoms with Crippen molar-refractivity contribution in [3.8, 4) is 0 Å². The summed E-state index contributed by atoms with van der Waals surface area (Å²) in [4.78, 5) is 0. The van der Waals surface area contributed by atoms with Crippen molar-refractivity contribution in [1.29, 1.82) is 0 Å².